The lowest BCUT2D eigenvalue weighted by molar-refractivity contribution is -0.117. The van der Waals surface area contributed by atoms with E-state index in [4.69, 9.17) is 9.47 Å². The quantitative estimate of drug-likeness (QED) is 0.724. The third-order valence-electron chi connectivity index (χ3n) is 4.23. The maximum absolute atomic E-state index is 12.5. The Balaban J connectivity index is 1.67. The van der Waals surface area contributed by atoms with E-state index >= 15 is 0 Å². The van der Waals surface area contributed by atoms with E-state index in [0.29, 0.717) is 29.9 Å². The van der Waals surface area contributed by atoms with Crippen LogP contribution in [0.25, 0.3) is 11.0 Å². The van der Waals surface area contributed by atoms with Gasteiger partial charge in [-0.2, -0.15) is 0 Å². The molecule has 0 saturated carbocycles. The Morgan fingerprint density at radius 3 is 2.71 bits per heavy atom. The lowest BCUT2D eigenvalue weighted by atomic mass is 10.2. The topological polar surface area (TPSA) is 117 Å². The van der Waals surface area contributed by atoms with Crippen LogP contribution in [0.4, 0.5) is 10.5 Å². The molecule has 1 aromatic carbocycles. The minimum Gasteiger partial charge on any atom is -0.444 e. The summed E-state index contributed by atoms with van der Waals surface area (Å²) in [4.78, 5) is 43.1. The molecule has 1 unspecified atom stereocenters. The van der Waals surface area contributed by atoms with Gasteiger partial charge >= 0.3 is 11.8 Å². The Labute approximate surface area is 162 Å². The van der Waals surface area contributed by atoms with Gasteiger partial charge in [-0.15, -0.1) is 0 Å². The maximum atomic E-state index is 12.5. The number of nitrogens with one attached hydrogen (secondary N) is 3. The first-order valence-electron chi connectivity index (χ1n) is 9.31. The molecule has 0 bridgehead atoms. The summed E-state index contributed by atoms with van der Waals surface area (Å²) in [6, 6.07) is 5.03. The number of rotatable bonds is 5. The Bertz CT molecular complexity index is 905. The van der Waals surface area contributed by atoms with Gasteiger partial charge in [0.2, 0.25) is 5.91 Å². The highest BCUT2D eigenvalue weighted by Crippen LogP contribution is 2.17. The molecule has 3 rings (SSSR count). The molecule has 28 heavy (non-hydrogen) atoms. The van der Waals surface area contributed by atoms with E-state index in [0.717, 1.165) is 12.8 Å². The molecule has 1 aliphatic heterocycles. The zero-order valence-corrected chi connectivity index (χ0v) is 16.3. The predicted octanol–water partition coefficient (Wildman–Crippen LogP) is 2.21. The van der Waals surface area contributed by atoms with Crippen molar-refractivity contribution < 1.29 is 19.1 Å². The molecule has 1 atom stereocenters. The fourth-order valence-corrected chi connectivity index (χ4v) is 3.05. The number of amides is 2. The van der Waals surface area contributed by atoms with E-state index in [1.165, 1.54) is 4.90 Å². The second kappa shape index (κ2) is 8.05. The number of aromatic amines is 2. The molecule has 9 heteroatoms. The van der Waals surface area contributed by atoms with Crippen LogP contribution in [0.3, 0.4) is 0 Å². The van der Waals surface area contributed by atoms with Crippen molar-refractivity contribution in [3.8, 4) is 0 Å². The molecule has 1 aliphatic rings. The lowest BCUT2D eigenvalue weighted by Gasteiger charge is -2.28. The van der Waals surface area contributed by atoms with Crippen molar-refractivity contribution in [2.75, 3.05) is 25.0 Å². The van der Waals surface area contributed by atoms with Crippen LogP contribution < -0.4 is 11.0 Å². The van der Waals surface area contributed by atoms with Gasteiger partial charge in [-0.3, -0.25) is 9.69 Å². The van der Waals surface area contributed by atoms with Gasteiger partial charge in [0.25, 0.3) is 0 Å². The van der Waals surface area contributed by atoms with Crippen molar-refractivity contribution in [2.24, 2.45) is 0 Å². The number of fused-ring (bicyclic) bond motifs is 1. The van der Waals surface area contributed by atoms with Crippen molar-refractivity contribution in [1.29, 1.82) is 0 Å². The molecule has 9 nitrogen and oxygen atoms in total. The Morgan fingerprint density at radius 1 is 1.29 bits per heavy atom. The van der Waals surface area contributed by atoms with Crippen LogP contribution in [0.1, 0.15) is 33.6 Å². The van der Waals surface area contributed by atoms with E-state index in [1.807, 2.05) is 0 Å². The van der Waals surface area contributed by atoms with Crippen LogP contribution in [-0.2, 0) is 14.3 Å². The van der Waals surface area contributed by atoms with E-state index in [9.17, 15) is 14.4 Å². The van der Waals surface area contributed by atoms with Gasteiger partial charge < -0.3 is 24.8 Å². The molecule has 0 spiro atoms. The first-order chi connectivity index (χ1) is 13.2. The van der Waals surface area contributed by atoms with E-state index in [1.54, 1.807) is 39.0 Å². The summed E-state index contributed by atoms with van der Waals surface area (Å²) in [5, 5.41) is 2.75. The second-order valence-corrected chi connectivity index (χ2v) is 7.88. The second-order valence-electron chi connectivity index (χ2n) is 7.88. The number of H-pyrrole nitrogens is 2. The molecule has 0 aliphatic carbocycles. The Kier molecular flexibility index (Phi) is 5.73. The molecule has 1 fully saturated rings. The number of ether oxygens (including phenoxy) is 2. The first-order valence-corrected chi connectivity index (χ1v) is 9.31. The number of hydrogen-bond donors (Lipinski definition) is 3. The summed E-state index contributed by atoms with van der Waals surface area (Å²) >= 11 is 0. The van der Waals surface area contributed by atoms with Gasteiger partial charge in [-0.25, -0.2) is 9.59 Å². The molecule has 0 radical (unpaired) electrons. The molecule has 1 aromatic heterocycles. The Morgan fingerprint density at radius 2 is 2.04 bits per heavy atom. The van der Waals surface area contributed by atoms with Crippen LogP contribution in [0.5, 0.6) is 0 Å². The van der Waals surface area contributed by atoms with E-state index in [-0.39, 0.29) is 24.2 Å². The highest BCUT2D eigenvalue weighted by molar-refractivity contribution is 5.95. The monoisotopic (exact) mass is 390 g/mol. The normalized spacial score (nSPS) is 16.9. The third-order valence-corrected chi connectivity index (χ3v) is 4.23. The molecule has 1 saturated heterocycles. The van der Waals surface area contributed by atoms with Gasteiger partial charge in [-0.1, -0.05) is 0 Å². The molecule has 2 amide bonds. The fourth-order valence-electron chi connectivity index (χ4n) is 3.05. The molecular formula is C19H26N4O5. The fraction of sp³-hybridized carbons (Fsp3) is 0.526. The van der Waals surface area contributed by atoms with Crippen molar-refractivity contribution >= 4 is 28.7 Å². The average molecular weight is 390 g/mol. The molecule has 2 heterocycles. The molecule has 152 valence electrons. The summed E-state index contributed by atoms with van der Waals surface area (Å²) < 4.78 is 11.0. The van der Waals surface area contributed by atoms with Crippen LogP contribution in [0, 0.1) is 0 Å². The van der Waals surface area contributed by atoms with Gasteiger partial charge in [0.05, 0.1) is 23.7 Å². The highest BCUT2D eigenvalue weighted by Gasteiger charge is 2.28. The number of nitrogens with zero attached hydrogens (tertiary/aromatic N) is 1. The number of carbonyl (C=O) groups excluding carboxylic acids is 2. The first kappa shape index (κ1) is 19.9. The zero-order valence-electron chi connectivity index (χ0n) is 16.3. The minimum absolute atomic E-state index is 0.0957. The van der Waals surface area contributed by atoms with Crippen LogP contribution in [0.15, 0.2) is 23.0 Å². The van der Waals surface area contributed by atoms with Crippen LogP contribution in [0.2, 0.25) is 0 Å². The van der Waals surface area contributed by atoms with Gasteiger partial charge in [-0.05, 0) is 51.8 Å². The number of hydrogen-bond acceptors (Lipinski definition) is 5. The van der Waals surface area contributed by atoms with E-state index in [2.05, 4.69) is 15.3 Å². The summed E-state index contributed by atoms with van der Waals surface area (Å²) in [6.45, 7) is 6.14. The highest BCUT2D eigenvalue weighted by atomic mass is 16.6. The third kappa shape index (κ3) is 5.35. The number of benzene rings is 1. The van der Waals surface area contributed by atoms with Gasteiger partial charge in [0.15, 0.2) is 0 Å². The lowest BCUT2D eigenvalue weighted by Crippen LogP contribution is -2.44. The predicted molar refractivity (Wildman–Crippen MR) is 104 cm³/mol. The van der Waals surface area contributed by atoms with Crippen molar-refractivity contribution in [3.05, 3.63) is 28.7 Å². The Hall–Kier alpha value is -2.81. The van der Waals surface area contributed by atoms with Gasteiger partial charge in [0, 0.05) is 12.3 Å². The number of aromatic nitrogens is 2. The summed E-state index contributed by atoms with van der Waals surface area (Å²) in [5.41, 5.74) is 0.788. The largest absolute Gasteiger partial charge is 0.444 e. The maximum Gasteiger partial charge on any atom is 0.410 e. The molecular weight excluding hydrogens is 364 g/mol. The van der Waals surface area contributed by atoms with Crippen molar-refractivity contribution in [2.45, 2.75) is 45.3 Å². The summed E-state index contributed by atoms with van der Waals surface area (Å²) in [7, 11) is 0. The minimum atomic E-state index is -0.659. The smallest absolute Gasteiger partial charge is 0.410 e. The molecule has 3 N–H and O–H groups in total. The zero-order chi connectivity index (χ0) is 20.3. The molecule has 2 aromatic rings. The van der Waals surface area contributed by atoms with Gasteiger partial charge in [0.1, 0.15) is 12.1 Å². The number of imidazole rings is 1. The van der Waals surface area contributed by atoms with Crippen molar-refractivity contribution in [3.63, 3.8) is 0 Å². The number of anilines is 1. The van der Waals surface area contributed by atoms with Crippen LogP contribution >= 0.6 is 0 Å². The SMILES string of the molecule is CC(C)(C)OC(=O)N(CC(=O)Nc1ccc2[nH]c(=O)[nH]c2c1)CC1CCCO1. The summed E-state index contributed by atoms with van der Waals surface area (Å²) in [6.07, 6.45) is 1.14. The average Bonchev–Trinajstić information content (AvgIpc) is 3.20. The standard InChI is InChI=1S/C19H26N4O5/c1-19(2,3)28-18(26)23(10-13-5-4-8-27-13)11-16(24)20-12-6-7-14-15(9-12)22-17(25)21-14/h6-7,9,13H,4-5,8,10-11H2,1-3H3,(H,20,24)(H2,21,22,25). The van der Waals surface area contributed by atoms with Crippen molar-refractivity contribution in [1.82, 2.24) is 14.9 Å². The number of carbonyl (C=O) groups is 2. The van der Waals surface area contributed by atoms with E-state index < -0.39 is 11.7 Å². The van der Waals surface area contributed by atoms with Crippen LogP contribution in [-0.4, -0.2) is 58.3 Å². The summed E-state index contributed by atoms with van der Waals surface area (Å²) in [5.74, 6) is -0.360.